The van der Waals surface area contributed by atoms with Crippen LogP contribution in [0.1, 0.15) is 44.7 Å². The van der Waals surface area contributed by atoms with E-state index in [1.54, 1.807) is 0 Å². The quantitative estimate of drug-likeness (QED) is 0.768. The summed E-state index contributed by atoms with van der Waals surface area (Å²) in [5.74, 6) is 1.54. The smallest absolute Gasteiger partial charge is 0.293 e. The Kier molecular flexibility index (Phi) is 7.61. The van der Waals surface area contributed by atoms with Crippen LogP contribution in [0.3, 0.4) is 0 Å². The molecule has 0 aliphatic carbocycles. The van der Waals surface area contributed by atoms with E-state index in [0.717, 1.165) is 30.2 Å². The molecule has 0 atom stereocenters. The first-order valence-electron chi connectivity index (χ1n) is 9.62. The van der Waals surface area contributed by atoms with Gasteiger partial charge in [-0.25, -0.2) is 0 Å². The van der Waals surface area contributed by atoms with Crippen molar-refractivity contribution in [3.63, 3.8) is 0 Å². The Bertz CT molecular complexity index is 744. The Balaban J connectivity index is 0.000000345. The van der Waals surface area contributed by atoms with E-state index < -0.39 is 5.60 Å². The molecule has 0 unspecified atom stereocenters. The molecular weight excluding hydrogens is 354 g/mol. The van der Waals surface area contributed by atoms with Crippen LogP contribution < -0.4 is 10.1 Å². The number of hydrogen-bond donors (Lipinski definition) is 2. The minimum absolute atomic E-state index is 0.318. The van der Waals surface area contributed by atoms with Crippen LogP contribution in [0.15, 0.2) is 48.5 Å². The number of hydrogen-bond acceptors (Lipinski definition) is 5. The molecule has 3 rings (SSSR count). The molecule has 0 radical (unpaired) electrons. The normalized spacial score (nSPS) is 15.8. The Hall–Kier alpha value is -2.37. The van der Waals surface area contributed by atoms with Crippen molar-refractivity contribution in [2.24, 2.45) is 0 Å². The van der Waals surface area contributed by atoms with Crippen molar-refractivity contribution in [2.45, 2.75) is 51.7 Å². The second kappa shape index (κ2) is 9.71. The van der Waals surface area contributed by atoms with Gasteiger partial charge in [0.15, 0.2) is 0 Å². The minimum Gasteiger partial charge on any atom is -0.462 e. The molecule has 1 aliphatic heterocycles. The first-order valence-corrected chi connectivity index (χ1v) is 9.62. The van der Waals surface area contributed by atoms with Crippen LogP contribution in [0.4, 0.5) is 0 Å². The van der Waals surface area contributed by atoms with Crippen LogP contribution in [0.2, 0.25) is 0 Å². The topological polar surface area (TPSA) is 67.8 Å². The molecule has 0 amide bonds. The Labute approximate surface area is 167 Å². The molecule has 28 heavy (non-hydrogen) atoms. The van der Waals surface area contributed by atoms with Gasteiger partial charge in [-0.15, -0.1) is 0 Å². The largest absolute Gasteiger partial charge is 0.462 e. The van der Waals surface area contributed by atoms with Crippen LogP contribution >= 0.6 is 0 Å². The summed E-state index contributed by atoms with van der Waals surface area (Å²) in [6, 6.07) is 15.8. The third-order valence-corrected chi connectivity index (χ3v) is 4.47. The molecule has 0 bridgehead atoms. The van der Waals surface area contributed by atoms with Crippen LogP contribution in [0.25, 0.3) is 0 Å². The summed E-state index contributed by atoms with van der Waals surface area (Å²) in [5, 5.41) is 14.2. The second-order valence-corrected chi connectivity index (χ2v) is 8.02. The lowest BCUT2D eigenvalue weighted by atomic mass is 9.84. The highest BCUT2D eigenvalue weighted by Crippen LogP contribution is 2.38. The summed E-state index contributed by atoms with van der Waals surface area (Å²) < 4.78 is 10.6. The van der Waals surface area contributed by atoms with Gasteiger partial charge in [-0.05, 0) is 71.8 Å². The fraction of sp³-hybridized carbons (Fsp3) is 0.435. The van der Waals surface area contributed by atoms with Crippen molar-refractivity contribution in [3.05, 3.63) is 59.7 Å². The maximum absolute atomic E-state index is 10.9. The van der Waals surface area contributed by atoms with E-state index in [2.05, 4.69) is 17.0 Å². The van der Waals surface area contributed by atoms with Crippen molar-refractivity contribution in [3.8, 4) is 11.5 Å². The highest BCUT2D eigenvalue weighted by molar-refractivity contribution is 5.42. The number of rotatable bonds is 4. The average Bonchev–Trinajstić information content (AvgIpc) is 2.64. The lowest BCUT2D eigenvalue weighted by molar-refractivity contribution is -0.138. The van der Waals surface area contributed by atoms with E-state index >= 15 is 0 Å². The van der Waals surface area contributed by atoms with Crippen LogP contribution in [0, 0.1) is 6.92 Å². The zero-order chi connectivity index (χ0) is 20.6. The van der Waals surface area contributed by atoms with Crippen LogP contribution in [-0.4, -0.2) is 30.3 Å². The van der Waals surface area contributed by atoms with E-state index in [1.807, 2.05) is 69.3 Å². The molecule has 1 heterocycles. The molecule has 152 valence electrons. The molecular formula is C23H31NO4. The number of carbonyl (C=O) groups excluding carboxylic acids is 1. The van der Waals surface area contributed by atoms with E-state index in [9.17, 15) is 9.90 Å². The lowest BCUT2D eigenvalue weighted by Crippen LogP contribution is -2.39. The number of benzene rings is 2. The highest BCUT2D eigenvalue weighted by atomic mass is 16.5. The van der Waals surface area contributed by atoms with Gasteiger partial charge in [0.05, 0.1) is 5.60 Å². The summed E-state index contributed by atoms with van der Waals surface area (Å²) in [5.41, 5.74) is 0.966. The standard InChI is InChI=1S/C18H21NO2.C5H10O2/c1-14-6-8-15(9-7-14)21-17-5-3-2-4-16(17)18(20)10-12-19-13-11-18;1-5(2,3)7-4-6/h2-9,19-20H,10-13H2,1H3;4H,1-3H3. The zero-order valence-corrected chi connectivity index (χ0v) is 17.2. The highest BCUT2D eigenvalue weighted by Gasteiger charge is 2.33. The molecule has 5 nitrogen and oxygen atoms in total. The number of piperidine rings is 1. The lowest BCUT2D eigenvalue weighted by Gasteiger charge is -2.34. The fourth-order valence-electron chi connectivity index (χ4n) is 2.93. The number of para-hydroxylation sites is 1. The van der Waals surface area contributed by atoms with E-state index in [-0.39, 0.29) is 5.60 Å². The Morgan fingerprint density at radius 2 is 1.64 bits per heavy atom. The van der Waals surface area contributed by atoms with E-state index in [1.165, 1.54) is 5.56 Å². The molecule has 2 aromatic carbocycles. The predicted octanol–water partition coefficient (Wildman–Crippen LogP) is 4.32. The SMILES string of the molecule is CC(C)(C)OC=O.Cc1ccc(Oc2ccccc2C2(O)CCNCC2)cc1. The molecule has 1 aliphatic rings. The van der Waals surface area contributed by atoms with Crippen molar-refractivity contribution < 1.29 is 19.4 Å². The number of aryl methyl sites for hydroxylation is 1. The molecule has 2 aromatic rings. The van der Waals surface area contributed by atoms with Gasteiger partial charge < -0.3 is 19.9 Å². The predicted molar refractivity (Wildman–Crippen MR) is 111 cm³/mol. The Morgan fingerprint density at radius 1 is 1.04 bits per heavy atom. The first kappa shape index (κ1) is 21.9. The maximum Gasteiger partial charge on any atom is 0.293 e. The first-order chi connectivity index (χ1) is 13.2. The average molecular weight is 386 g/mol. The Morgan fingerprint density at radius 3 is 2.18 bits per heavy atom. The number of nitrogens with one attached hydrogen (secondary N) is 1. The number of aliphatic hydroxyl groups is 1. The molecule has 1 fully saturated rings. The van der Waals surface area contributed by atoms with Gasteiger partial charge in [0, 0.05) is 5.56 Å². The van der Waals surface area contributed by atoms with Crippen molar-refractivity contribution in [1.82, 2.24) is 5.32 Å². The minimum atomic E-state index is -0.799. The summed E-state index contributed by atoms with van der Waals surface area (Å²) in [6.07, 6.45) is 1.42. The molecule has 5 heteroatoms. The van der Waals surface area contributed by atoms with Gasteiger partial charge in [0.1, 0.15) is 17.1 Å². The van der Waals surface area contributed by atoms with Crippen molar-refractivity contribution >= 4 is 6.47 Å². The molecule has 0 saturated carbocycles. The van der Waals surface area contributed by atoms with Crippen molar-refractivity contribution in [1.29, 1.82) is 0 Å². The van der Waals surface area contributed by atoms with Crippen molar-refractivity contribution in [2.75, 3.05) is 13.1 Å². The molecule has 1 saturated heterocycles. The van der Waals surface area contributed by atoms with Gasteiger partial charge in [-0.2, -0.15) is 0 Å². The van der Waals surface area contributed by atoms with Gasteiger partial charge in [0.25, 0.3) is 6.47 Å². The summed E-state index contributed by atoms with van der Waals surface area (Å²) in [7, 11) is 0. The maximum atomic E-state index is 10.9. The monoisotopic (exact) mass is 385 g/mol. The molecule has 0 spiro atoms. The number of carbonyl (C=O) groups is 1. The molecule has 2 N–H and O–H groups in total. The summed E-state index contributed by atoms with van der Waals surface area (Å²) >= 11 is 0. The summed E-state index contributed by atoms with van der Waals surface area (Å²) in [6.45, 7) is 9.63. The number of ether oxygens (including phenoxy) is 2. The summed E-state index contributed by atoms with van der Waals surface area (Å²) in [4.78, 5) is 9.60. The molecule has 0 aromatic heterocycles. The third-order valence-electron chi connectivity index (χ3n) is 4.47. The van der Waals surface area contributed by atoms with Gasteiger partial charge >= 0.3 is 0 Å². The van der Waals surface area contributed by atoms with E-state index in [0.29, 0.717) is 19.3 Å². The second-order valence-electron chi connectivity index (χ2n) is 8.02. The third kappa shape index (κ3) is 6.66. The van der Waals surface area contributed by atoms with Gasteiger partial charge in [-0.1, -0.05) is 35.9 Å². The fourth-order valence-corrected chi connectivity index (χ4v) is 2.93. The zero-order valence-electron chi connectivity index (χ0n) is 17.2. The van der Waals surface area contributed by atoms with E-state index in [4.69, 9.17) is 4.74 Å². The van der Waals surface area contributed by atoms with Gasteiger partial charge in [0.2, 0.25) is 0 Å². The van der Waals surface area contributed by atoms with Gasteiger partial charge in [-0.3, -0.25) is 4.79 Å². The van der Waals surface area contributed by atoms with Crippen LogP contribution in [-0.2, 0) is 15.1 Å². The van der Waals surface area contributed by atoms with Crippen LogP contribution in [0.5, 0.6) is 11.5 Å².